The molecule has 35 heavy (non-hydrogen) atoms. The Morgan fingerprint density at radius 1 is 1.09 bits per heavy atom. The fourth-order valence-corrected chi connectivity index (χ4v) is 5.40. The second kappa shape index (κ2) is 10.2. The second-order valence-electron chi connectivity index (χ2n) is 10.5. The van der Waals surface area contributed by atoms with Crippen LogP contribution >= 0.6 is 0 Å². The minimum Gasteiger partial charge on any atom is -0.438 e. The van der Waals surface area contributed by atoms with Gasteiger partial charge in [-0.05, 0) is 39.5 Å². The van der Waals surface area contributed by atoms with Crippen LogP contribution in [-0.2, 0) is 10.2 Å². The average Bonchev–Trinajstić information content (AvgIpc) is 3.32. The van der Waals surface area contributed by atoms with Crippen molar-refractivity contribution in [3.05, 3.63) is 11.7 Å². The van der Waals surface area contributed by atoms with Gasteiger partial charge in [0, 0.05) is 57.1 Å². The number of aromatic nitrogens is 2. The Bertz CT molecular complexity index is 867. The number of piperazine rings is 1. The van der Waals surface area contributed by atoms with Gasteiger partial charge >= 0.3 is 12.5 Å². The maximum atomic E-state index is 15.0. The van der Waals surface area contributed by atoms with Crippen molar-refractivity contribution in [3.8, 4) is 0 Å². The van der Waals surface area contributed by atoms with Gasteiger partial charge in [-0.1, -0.05) is 12.1 Å². The summed E-state index contributed by atoms with van der Waals surface area (Å²) in [7, 11) is 0. The Labute approximate surface area is 202 Å². The fraction of sp³-hybridized carbons (Fsp3) is 0.870. The highest BCUT2D eigenvalue weighted by atomic mass is 19.3. The molecule has 0 bridgehead atoms. The molecule has 8 nitrogen and oxygen atoms in total. The predicted molar refractivity (Wildman–Crippen MR) is 119 cm³/mol. The molecule has 3 aliphatic rings. The maximum Gasteiger partial charge on any atom is 0.410 e. The van der Waals surface area contributed by atoms with Crippen molar-refractivity contribution >= 4 is 6.09 Å². The molecule has 2 atom stereocenters. The molecule has 1 unspecified atom stereocenters. The van der Waals surface area contributed by atoms with Crippen LogP contribution in [0, 0.1) is 0 Å². The molecule has 2 saturated heterocycles. The van der Waals surface area contributed by atoms with Gasteiger partial charge in [0.1, 0.15) is 0 Å². The van der Waals surface area contributed by atoms with Crippen LogP contribution < -0.4 is 0 Å². The number of carbonyl (C=O) groups excluding carboxylic acids is 1. The van der Waals surface area contributed by atoms with E-state index in [-0.39, 0.29) is 25.3 Å². The maximum absolute atomic E-state index is 15.0. The van der Waals surface area contributed by atoms with E-state index in [4.69, 9.17) is 4.74 Å². The summed E-state index contributed by atoms with van der Waals surface area (Å²) < 4.78 is 65.8. The summed E-state index contributed by atoms with van der Waals surface area (Å²) in [6, 6.07) is -0.114. The molecule has 4 rings (SSSR count). The molecule has 1 aliphatic carbocycles. The van der Waals surface area contributed by atoms with Crippen LogP contribution in [-0.4, -0.2) is 94.3 Å². The summed E-state index contributed by atoms with van der Waals surface area (Å²) in [5.74, 6) is -3.66. The third-order valence-electron chi connectivity index (χ3n) is 7.85. The fourth-order valence-electron chi connectivity index (χ4n) is 5.40. The molecule has 1 aromatic rings. The molecule has 0 N–H and O–H groups in total. The van der Waals surface area contributed by atoms with Crippen molar-refractivity contribution in [2.24, 2.45) is 0 Å². The van der Waals surface area contributed by atoms with Gasteiger partial charge in [0.2, 0.25) is 0 Å². The SMILES string of the molecule is CC(C)N1CCN([C@H]2CCCC(F)(F)C2OC(=O)N2CCC(C)(c3noc(C(F)F)n3)CC2)CC1. The smallest absolute Gasteiger partial charge is 0.410 e. The van der Waals surface area contributed by atoms with Gasteiger partial charge in [0.05, 0.1) is 6.04 Å². The van der Waals surface area contributed by atoms with Crippen LogP contribution in [0.1, 0.15) is 71.0 Å². The lowest BCUT2D eigenvalue weighted by Gasteiger charge is -2.47. The molecule has 0 aromatic carbocycles. The first kappa shape index (κ1) is 26.1. The number of likely N-dealkylation sites (tertiary alicyclic amines) is 1. The Balaban J connectivity index is 1.38. The van der Waals surface area contributed by atoms with Crippen LogP contribution in [0.2, 0.25) is 0 Å². The van der Waals surface area contributed by atoms with Crippen molar-refractivity contribution in [1.82, 2.24) is 24.8 Å². The third kappa shape index (κ3) is 5.58. The summed E-state index contributed by atoms with van der Waals surface area (Å²) >= 11 is 0. The number of piperidine rings is 1. The van der Waals surface area contributed by atoms with E-state index in [1.165, 1.54) is 4.90 Å². The number of halogens is 4. The summed E-state index contributed by atoms with van der Waals surface area (Å²) in [6.45, 7) is 9.44. The normalized spacial score (nSPS) is 28.0. The van der Waals surface area contributed by atoms with Crippen molar-refractivity contribution in [2.75, 3.05) is 39.3 Å². The number of rotatable bonds is 5. The summed E-state index contributed by atoms with van der Waals surface area (Å²) in [4.78, 5) is 22.5. The Morgan fingerprint density at radius 2 is 1.74 bits per heavy atom. The molecule has 3 fully saturated rings. The lowest BCUT2D eigenvalue weighted by atomic mass is 9.80. The van der Waals surface area contributed by atoms with Gasteiger partial charge < -0.3 is 14.2 Å². The number of ether oxygens (including phenoxy) is 1. The second-order valence-corrected chi connectivity index (χ2v) is 10.5. The van der Waals surface area contributed by atoms with Gasteiger partial charge in [-0.15, -0.1) is 0 Å². The average molecular weight is 506 g/mol. The summed E-state index contributed by atoms with van der Waals surface area (Å²) in [5, 5.41) is 3.68. The molecule has 1 saturated carbocycles. The number of nitrogens with zero attached hydrogens (tertiary/aromatic N) is 5. The van der Waals surface area contributed by atoms with E-state index >= 15 is 0 Å². The number of carbonyl (C=O) groups is 1. The number of amides is 1. The highest BCUT2D eigenvalue weighted by Crippen LogP contribution is 2.39. The lowest BCUT2D eigenvalue weighted by Crippen LogP contribution is -2.61. The first-order chi connectivity index (χ1) is 16.5. The summed E-state index contributed by atoms with van der Waals surface area (Å²) in [6.07, 6.45) is -3.68. The minimum absolute atomic E-state index is 0.167. The predicted octanol–water partition coefficient (Wildman–Crippen LogP) is 4.08. The monoisotopic (exact) mass is 505 g/mol. The Morgan fingerprint density at radius 3 is 2.31 bits per heavy atom. The van der Waals surface area contributed by atoms with E-state index < -0.39 is 41.9 Å². The highest BCUT2D eigenvalue weighted by molar-refractivity contribution is 5.68. The molecule has 198 valence electrons. The van der Waals surface area contributed by atoms with Gasteiger partial charge in [-0.25, -0.2) is 13.6 Å². The van der Waals surface area contributed by atoms with Crippen LogP contribution in [0.25, 0.3) is 0 Å². The van der Waals surface area contributed by atoms with Crippen LogP contribution in [0.3, 0.4) is 0 Å². The topological polar surface area (TPSA) is 74.9 Å². The van der Waals surface area contributed by atoms with Gasteiger partial charge in [-0.3, -0.25) is 9.80 Å². The quantitative estimate of drug-likeness (QED) is 0.559. The number of hydrogen-bond donors (Lipinski definition) is 0. The lowest BCUT2D eigenvalue weighted by molar-refractivity contribution is -0.170. The standard InChI is InChI=1S/C23H35F4N5O3/c1-15(2)30-11-13-31(14-12-30)16-5-4-6-23(26,27)17(16)34-21(33)32-9-7-22(3,8-10-32)20-28-19(18(24)25)35-29-20/h15-18H,4-14H2,1-3H3/t16-,17?/m0/s1. The van der Waals surface area contributed by atoms with Crippen molar-refractivity contribution in [3.63, 3.8) is 0 Å². The van der Waals surface area contributed by atoms with Gasteiger partial charge in [0.15, 0.2) is 11.9 Å². The van der Waals surface area contributed by atoms with E-state index in [2.05, 4.69) is 33.4 Å². The van der Waals surface area contributed by atoms with E-state index in [0.29, 0.717) is 44.8 Å². The number of alkyl halides is 4. The van der Waals surface area contributed by atoms with E-state index in [9.17, 15) is 22.4 Å². The van der Waals surface area contributed by atoms with E-state index in [0.717, 1.165) is 13.1 Å². The zero-order valence-electron chi connectivity index (χ0n) is 20.6. The molecular formula is C23H35F4N5O3. The zero-order chi connectivity index (χ0) is 25.4. The first-order valence-corrected chi connectivity index (χ1v) is 12.4. The summed E-state index contributed by atoms with van der Waals surface area (Å²) in [5.41, 5.74) is -0.652. The highest BCUT2D eigenvalue weighted by Gasteiger charge is 2.52. The van der Waals surface area contributed by atoms with Crippen molar-refractivity contribution in [2.45, 2.75) is 88.8 Å². The van der Waals surface area contributed by atoms with Gasteiger partial charge in [-0.2, -0.15) is 13.8 Å². The molecule has 1 amide bonds. The molecule has 3 heterocycles. The van der Waals surface area contributed by atoms with E-state index in [1.807, 2.05) is 11.8 Å². The van der Waals surface area contributed by atoms with Crippen LogP contribution in [0.4, 0.5) is 22.4 Å². The molecule has 0 spiro atoms. The molecule has 2 aliphatic heterocycles. The van der Waals surface area contributed by atoms with Gasteiger partial charge in [0.25, 0.3) is 11.8 Å². The van der Waals surface area contributed by atoms with Crippen LogP contribution in [0.5, 0.6) is 0 Å². The number of hydrogen-bond acceptors (Lipinski definition) is 7. The van der Waals surface area contributed by atoms with Crippen molar-refractivity contribution in [1.29, 1.82) is 0 Å². The van der Waals surface area contributed by atoms with E-state index in [1.54, 1.807) is 0 Å². The minimum atomic E-state index is -3.09. The first-order valence-electron chi connectivity index (χ1n) is 12.4. The molecule has 12 heteroatoms. The van der Waals surface area contributed by atoms with Crippen molar-refractivity contribution < 1.29 is 31.6 Å². The third-order valence-corrected chi connectivity index (χ3v) is 7.85. The molecule has 0 radical (unpaired) electrons. The Kier molecular flexibility index (Phi) is 7.61. The zero-order valence-corrected chi connectivity index (χ0v) is 20.6. The Hall–Kier alpha value is -1.95. The van der Waals surface area contributed by atoms with Crippen LogP contribution in [0.15, 0.2) is 4.52 Å². The molecule has 1 aromatic heterocycles. The largest absolute Gasteiger partial charge is 0.438 e. The molecular weight excluding hydrogens is 470 g/mol.